The standard InChI is InChI=1S/C19H19N3O4/c1-3-24-15-9-5-13(6-10-15)17(23)20-19-22-21-18(26-19)14-7-11-16(12-8-14)25-4-2/h5-12H,3-4H2,1-2H3,(H,20,22,23). The van der Waals surface area contributed by atoms with Crippen LogP contribution in [0.2, 0.25) is 0 Å². The third-order valence-electron chi connectivity index (χ3n) is 3.49. The molecule has 1 heterocycles. The van der Waals surface area contributed by atoms with Gasteiger partial charge < -0.3 is 13.9 Å². The number of amides is 1. The third kappa shape index (κ3) is 4.18. The van der Waals surface area contributed by atoms with Gasteiger partial charge in [-0.15, -0.1) is 5.10 Å². The molecule has 0 aliphatic heterocycles. The number of nitrogens with zero attached hydrogens (tertiary/aromatic N) is 2. The monoisotopic (exact) mass is 353 g/mol. The van der Waals surface area contributed by atoms with E-state index in [-0.39, 0.29) is 11.9 Å². The average molecular weight is 353 g/mol. The summed E-state index contributed by atoms with van der Waals surface area (Å²) in [6.07, 6.45) is 0. The maximum absolute atomic E-state index is 12.2. The number of hydrogen-bond donors (Lipinski definition) is 1. The van der Waals surface area contributed by atoms with Gasteiger partial charge in [0.15, 0.2) is 0 Å². The van der Waals surface area contributed by atoms with Gasteiger partial charge in [0.2, 0.25) is 5.89 Å². The molecule has 2 aromatic carbocycles. The van der Waals surface area contributed by atoms with Crippen LogP contribution in [0, 0.1) is 0 Å². The largest absolute Gasteiger partial charge is 0.494 e. The van der Waals surface area contributed by atoms with Gasteiger partial charge in [0.1, 0.15) is 11.5 Å². The van der Waals surface area contributed by atoms with E-state index in [1.54, 1.807) is 24.3 Å². The average Bonchev–Trinajstić information content (AvgIpc) is 3.12. The molecule has 0 aliphatic carbocycles. The first-order chi connectivity index (χ1) is 12.7. The predicted octanol–water partition coefficient (Wildman–Crippen LogP) is 3.79. The van der Waals surface area contributed by atoms with Gasteiger partial charge in [0, 0.05) is 11.1 Å². The minimum absolute atomic E-state index is 0.0350. The molecule has 0 fully saturated rings. The van der Waals surface area contributed by atoms with Crippen molar-refractivity contribution in [1.29, 1.82) is 0 Å². The summed E-state index contributed by atoms with van der Waals surface area (Å²) in [6, 6.07) is 14.1. The summed E-state index contributed by atoms with van der Waals surface area (Å²) in [5.41, 5.74) is 1.21. The molecule has 26 heavy (non-hydrogen) atoms. The van der Waals surface area contributed by atoms with Crippen LogP contribution in [0.4, 0.5) is 6.01 Å². The summed E-state index contributed by atoms with van der Waals surface area (Å²) in [5.74, 6) is 1.45. The van der Waals surface area contributed by atoms with Crippen molar-refractivity contribution < 1.29 is 18.7 Å². The molecule has 0 spiro atoms. The molecule has 0 atom stereocenters. The molecule has 0 unspecified atom stereocenters. The Balaban J connectivity index is 1.66. The Morgan fingerprint density at radius 2 is 1.50 bits per heavy atom. The predicted molar refractivity (Wildman–Crippen MR) is 96.5 cm³/mol. The number of benzene rings is 2. The Morgan fingerprint density at radius 1 is 0.923 bits per heavy atom. The SMILES string of the molecule is CCOc1ccc(C(=O)Nc2nnc(-c3ccc(OCC)cc3)o2)cc1. The summed E-state index contributed by atoms with van der Waals surface area (Å²) in [4.78, 5) is 12.2. The molecule has 3 rings (SSSR count). The second kappa shape index (κ2) is 8.15. The summed E-state index contributed by atoms with van der Waals surface area (Å²) in [6.45, 7) is 4.99. The molecule has 0 aliphatic rings. The zero-order chi connectivity index (χ0) is 18.4. The Hall–Kier alpha value is -3.35. The van der Waals surface area contributed by atoms with Gasteiger partial charge in [0.25, 0.3) is 5.91 Å². The van der Waals surface area contributed by atoms with Crippen LogP contribution in [0.15, 0.2) is 52.9 Å². The van der Waals surface area contributed by atoms with Gasteiger partial charge in [-0.3, -0.25) is 10.1 Å². The van der Waals surface area contributed by atoms with Crippen LogP contribution in [-0.2, 0) is 0 Å². The van der Waals surface area contributed by atoms with Crippen LogP contribution >= 0.6 is 0 Å². The number of nitrogens with one attached hydrogen (secondary N) is 1. The van der Waals surface area contributed by atoms with Crippen LogP contribution in [0.1, 0.15) is 24.2 Å². The van der Waals surface area contributed by atoms with Crippen molar-refractivity contribution in [3.8, 4) is 23.0 Å². The molecule has 0 radical (unpaired) electrons. The molecule has 1 aromatic heterocycles. The second-order valence-corrected chi connectivity index (χ2v) is 5.28. The smallest absolute Gasteiger partial charge is 0.322 e. The highest BCUT2D eigenvalue weighted by Gasteiger charge is 2.13. The number of carbonyl (C=O) groups excluding carboxylic acids is 1. The Kier molecular flexibility index (Phi) is 5.48. The molecular formula is C19H19N3O4. The van der Waals surface area contributed by atoms with Gasteiger partial charge in [0.05, 0.1) is 13.2 Å². The van der Waals surface area contributed by atoms with Crippen LogP contribution in [0.5, 0.6) is 11.5 Å². The normalized spacial score (nSPS) is 10.4. The highest BCUT2D eigenvalue weighted by molar-refractivity contribution is 6.03. The van der Waals surface area contributed by atoms with Crippen molar-refractivity contribution in [3.63, 3.8) is 0 Å². The van der Waals surface area contributed by atoms with E-state index in [0.29, 0.717) is 30.4 Å². The second-order valence-electron chi connectivity index (χ2n) is 5.28. The summed E-state index contributed by atoms with van der Waals surface area (Å²) in [7, 11) is 0. The van der Waals surface area contributed by atoms with E-state index in [1.807, 2.05) is 38.1 Å². The van der Waals surface area contributed by atoms with Crippen molar-refractivity contribution >= 4 is 11.9 Å². The van der Waals surface area contributed by atoms with Gasteiger partial charge >= 0.3 is 6.01 Å². The maximum atomic E-state index is 12.2. The van der Waals surface area contributed by atoms with Crippen molar-refractivity contribution in [3.05, 3.63) is 54.1 Å². The molecule has 1 N–H and O–H groups in total. The van der Waals surface area contributed by atoms with Gasteiger partial charge in [-0.25, -0.2) is 0 Å². The minimum Gasteiger partial charge on any atom is -0.494 e. The van der Waals surface area contributed by atoms with E-state index in [2.05, 4.69) is 15.5 Å². The lowest BCUT2D eigenvalue weighted by molar-refractivity contribution is 0.102. The molecule has 0 bridgehead atoms. The van der Waals surface area contributed by atoms with Crippen molar-refractivity contribution in [2.45, 2.75) is 13.8 Å². The van der Waals surface area contributed by atoms with Gasteiger partial charge in [-0.05, 0) is 62.4 Å². The fourth-order valence-corrected chi connectivity index (χ4v) is 2.29. The lowest BCUT2D eigenvalue weighted by Gasteiger charge is -2.04. The summed E-state index contributed by atoms with van der Waals surface area (Å²) >= 11 is 0. The van der Waals surface area contributed by atoms with E-state index in [4.69, 9.17) is 13.9 Å². The van der Waals surface area contributed by atoms with Crippen LogP contribution in [0.3, 0.4) is 0 Å². The van der Waals surface area contributed by atoms with Crippen molar-refractivity contribution in [2.24, 2.45) is 0 Å². The van der Waals surface area contributed by atoms with Gasteiger partial charge in [-0.1, -0.05) is 5.10 Å². The molecule has 3 aromatic rings. The van der Waals surface area contributed by atoms with Crippen molar-refractivity contribution in [1.82, 2.24) is 10.2 Å². The van der Waals surface area contributed by atoms with E-state index in [1.165, 1.54) is 0 Å². The van der Waals surface area contributed by atoms with E-state index in [0.717, 1.165) is 11.3 Å². The third-order valence-corrected chi connectivity index (χ3v) is 3.49. The first kappa shape index (κ1) is 17.5. The molecule has 134 valence electrons. The van der Waals surface area contributed by atoms with Crippen LogP contribution < -0.4 is 14.8 Å². The van der Waals surface area contributed by atoms with E-state index < -0.39 is 0 Å². The van der Waals surface area contributed by atoms with Crippen LogP contribution in [0.25, 0.3) is 11.5 Å². The number of aromatic nitrogens is 2. The fourth-order valence-electron chi connectivity index (χ4n) is 2.29. The molecule has 7 heteroatoms. The number of ether oxygens (including phenoxy) is 2. The first-order valence-electron chi connectivity index (χ1n) is 8.30. The Labute approximate surface area is 151 Å². The highest BCUT2D eigenvalue weighted by Crippen LogP contribution is 2.23. The quantitative estimate of drug-likeness (QED) is 0.695. The number of anilines is 1. The molecular weight excluding hydrogens is 334 g/mol. The summed E-state index contributed by atoms with van der Waals surface area (Å²) in [5, 5.41) is 10.4. The zero-order valence-corrected chi connectivity index (χ0v) is 14.6. The lowest BCUT2D eigenvalue weighted by atomic mass is 10.2. The topological polar surface area (TPSA) is 86.5 Å². The highest BCUT2D eigenvalue weighted by atomic mass is 16.5. The van der Waals surface area contributed by atoms with Crippen LogP contribution in [-0.4, -0.2) is 29.3 Å². The lowest BCUT2D eigenvalue weighted by Crippen LogP contribution is -2.12. The van der Waals surface area contributed by atoms with E-state index in [9.17, 15) is 4.79 Å². The molecule has 1 amide bonds. The van der Waals surface area contributed by atoms with Gasteiger partial charge in [-0.2, -0.15) is 0 Å². The maximum Gasteiger partial charge on any atom is 0.322 e. The molecule has 7 nitrogen and oxygen atoms in total. The number of carbonyl (C=O) groups is 1. The van der Waals surface area contributed by atoms with Crippen molar-refractivity contribution in [2.75, 3.05) is 18.5 Å². The Bertz CT molecular complexity index is 857. The van der Waals surface area contributed by atoms with E-state index >= 15 is 0 Å². The molecule has 0 saturated heterocycles. The minimum atomic E-state index is -0.338. The zero-order valence-electron chi connectivity index (χ0n) is 14.6. The number of rotatable bonds is 7. The number of hydrogen-bond acceptors (Lipinski definition) is 6. The Morgan fingerprint density at radius 3 is 2.08 bits per heavy atom. The fraction of sp³-hybridized carbons (Fsp3) is 0.211. The molecule has 0 saturated carbocycles. The first-order valence-corrected chi connectivity index (χ1v) is 8.30. The summed E-state index contributed by atoms with van der Waals surface area (Å²) < 4.78 is 16.3.